The van der Waals surface area contributed by atoms with E-state index < -0.39 is 0 Å². The van der Waals surface area contributed by atoms with Gasteiger partial charge in [-0.3, -0.25) is 4.90 Å². The monoisotopic (exact) mass is 329 g/mol. The van der Waals surface area contributed by atoms with Gasteiger partial charge in [0, 0.05) is 52.7 Å². The van der Waals surface area contributed by atoms with E-state index in [9.17, 15) is 0 Å². The minimum Gasteiger partial charge on any atom is -0.368 e. The van der Waals surface area contributed by atoms with Gasteiger partial charge in [0.25, 0.3) is 0 Å². The van der Waals surface area contributed by atoms with E-state index in [4.69, 9.17) is 5.73 Å². The molecule has 0 saturated carbocycles. The molecule has 1 aliphatic rings. The van der Waals surface area contributed by atoms with Crippen LogP contribution in [-0.2, 0) is 0 Å². The molecule has 128 valence electrons. The van der Waals surface area contributed by atoms with Gasteiger partial charge in [0.1, 0.15) is 0 Å². The third kappa shape index (κ3) is 3.51. The van der Waals surface area contributed by atoms with Crippen LogP contribution in [0.1, 0.15) is 18.8 Å². The number of nitrogen functional groups attached to an aromatic ring is 1. The Labute approximate surface area is 141 Å². The van der Waals surface area contributed by atoms with Crippen LogP contribution < -0.4 is 15.5 Å². The summed E-state index contributed by atoms with van der Waals surface area (Å²) in [5, 5.41) is 0. The largest absolute Gasteiger partial charge is 0.368 e. The van der Waals surface area contributed by atoms with E-state index in [1.54, 1.807) is 12.4 Å². The standard InChI is InChI=1S/C15H23N9/c1-11(12-19-13(16)21-15(20-12)22(2)3)23-7-9-24(10-8-23)14-17-5-4-6-18-14/h4-6,11H,7-10H2,1-3H3,(H2,16,19,20,21)/t11-/m1/s1. The molecule has 0 radical (unpaired) electrons. The molecule has 2 aromatic heterocycles. The normalized spacial score (nSPS) is 16.9. The molecule has 3 heterocycles. The fourth-order valence-electron chi connectivity index (χ4n) is 2.71. The van der Waals surface area contributed by atoms with E-state index >= 15 is 0 Å². The fraction of sp³-hybridized carbons (Fsp3) is 0.533. The van der Waals surface area contributed by atoms with Gasteiger partial charge < -0.3 is 15.5 Å². The van der Waals surface area contributed by atoms with Crippen LogP contribution in [0.15, 0.2) is 18.5 Å². The Balaban J connectivity index is 1.68. The van der Waals surface area contributed by atoms with Crippen LogP contribution in [0.3, 0.4) is 0 Å². The topological polar surface area (TPSA) is 100 Å². The molecule has 0 amide bonds. The molecule has 0 bridgehead atoms. The molecule has 2 N–H and O–H groups in total. The van der Waals surface area contributed by atoms with E-state index in [1.807, 2.05) is 25.1 Å². The first-order chi connectivity index (χ1) is 11.5. The van der Waals surface area contributed by atoms with Gasteiger partial charge in [0.05, 0.1) is 6.04 Å². The molecule has 0 unspecified atom stereocenters. The predicted molar refractivity (Wildman–Crippen MR) is 92.8 cm³/mol. The Bertz CT molecular complexity index is 668. The molecule has 1 saturated heterocycles. The van der Waals surface area contributed by atoms with Gasteiger partial charge in [-0.05, 0) is 13.0 Å². The third-order valence-electron chi connectivity index (χ3n) is 4.13. The number of hydrogen-bond donors (Lipinski definition) is 1. The predicted octanol–water partition coefficient (Wildman–Crippen LogP) is 0.193. The summed E-state index contributed by atoms with van der Waals surface area (Å²) in [5.74, 6) is 2.33. The van der Waals surface area contributed by atoms with Crippen molar-refractivity contribution in [1.82, 2.24) is 29.8 Å². The molecular weight excluding hydrogens is 306 g/mol. The Morgan fingerprint density at radius 3 is 2.33 bits per heavy atom. The molecule has 24 heavy (non-hydrogen) atoms. The minimum absolute atomic E-state index is 0.0767. The summed E-state index contributed by atoms with van der Waals surface area (Å²) >= 11 is 0. The first kappa shape index (κ1) is 16.3. The van der Waals surface area contributed by atoms with Crippen molar-refractivity contribution in [2.24, 2.45) is 0 Å². The maximum atomic E-state index is 5.83. The van der Waals surface area contributed by atoms with Crippen molar-refractivity contribution in [3.05, 3.63) is 24.3 Å². The highest BCUT2D eigenvalue weighted by atomic mass is 15.3. The van der Waals surface area contributed by atoms with Gasteiger partial charge in [0.15, 0.2) is 5.82 Å². The van der Waals surface area contributed by atoms with Gasteiger partial charge in [0.2, 0.25) is 17.8 Å². The maximum Gasteiger partial charge on any atom is 0.229 e. The maximum absolute atomic E-state index is 5.83. The number of anilines is 3. The molecule has 9 heteroatoms. The van der Waals surface area contributed by atoms with Crippen molar-refractivity contribution in [3.63, 3.8) is 0 Å². The first-order valence-corrected chi connectivity index (χ1v) is 7.99. The van der Waals surface area contributed by atoms with Crippen LogP contribution in [0.2, 0.25) is 0 Å². The Morgan fingerprint density at radius 1 is 1.04 bits per heavy atom. The second-order valence-electron chi connectivity index (χ2n) is 5.99. The third-order valence-corrected chi connectivity index (χ3v) is 4.13. The summed E-state index contributed by atoms with van der Waals surface area (Å²) in [5.41, 5.74) is 5.83. The smallest absolute Gasteiger partial charge is 0.229 e. The zero-order valence-electron chi connectivity index (χ0n) is 14.3. The lowest BCUT2D eigenvalue weighted by atomic mass is 10.2. The van der Waals surface area contributed by atoms with Crippen molar-refractivity contribution in [2.45, 2.75) is 13.0 Å². The molecule has 1 atom stereocenters. The van der Waals surface area contributed by atoms with Crippen molar-refractivity contribution >= 4 is 17.8 Å². The molecule has 1 aliphatic heterocycles. The first-order valence-electron chi connectivity index (χ1n) is 7.99. The van der Waals surface area contributed by atoms with Gasteiger partial charge in [-0.1, -0.05) is 0 Å². The number of nitrogens with zero attached hydrogens (tertiary/aromatic N) is 8. The molecule has 1 fully saturated rings. The van der Waals surface area contributed by atoms with Crippen LogP contribution in [-0.4, -0.2) is 70.1 Å². The number of nitrogens with two attached hydrogens (primary N) is 1. The average Bonchev–Trinajstić information content (AvgIpc) is 2.61. The van der Waals surface area contributed by atoms with E-state index in [2.05, 4.69) is 41.6 Å². The minimum atomic E-state index is 0.0767. The van der Waals surface area contributed by atoms with Crippen LogP contribution in [0, 0.1) is 0 Å². The summed E-state index contributed by atoms with van der Waals surface area (Å²) in [6.45, 7) is 5.62. The van der Waals surface area contributed by atoms with Crippen molar-refractivity contribution in [3.8, 4) is 0 Å². The second kappa shape index (κ2) is 6.91. The highest BCUT2D eigenvalue weighted by Crippen LogP contribution is 2.21. The van der Waals surface area contributed by atoms with Crippen LogP contribution in [0.5, 0.6) is 0 Å². The Hall–Kier alpha value is -2.55. The van der Waals surface area contributed by atoms with E-state index in [0.717, 1.165) is 32.1 Å². The van der Waals surface area contributed by atoms with Crippen LogP contribution in [0.25, 0.3) is 0 Å². The molecule has 9 nitrogen and oxygen atoms in total. The van der Waals surface area contributed by atoms with E-state index in [1.165, 1.54) is 0 Å². The summed E-state index contributed by atoms with van der Waals surface area (Å²) in [4.78, 5) is 28.0. The van der Waals surface area contributed by atoms with Gasteiger partial charge in [-0.25, -0.2) is 9.97 Å². The average molecular weight is 329 g/mol. The van der Waals surface area contributed by atoms with Crippen LogP contribution >= 0.6 is 0 Å². The highest BCUT2D eigenvalue weighted by Gasteiger charge is 2.25. The zero-order valence-corrected chi connectivity index (χ0v) is 14.3. The molecule has 0 aromatic carbocycles. The summed E-state index contributed by atoms with van der Waals surface area (Å²) in [7, 11) is 3.78. The van der Waals surface area contributed by atoms with Gasteiger partial charge in [-0.15, -0.1) is 0 Å². The number of piperazine rings is 1. The molecule has 3 rings (SSSR count). The zero-order chi connectivity index (χ0) is 17.1. The molecule has 0 spiro atoms. The molecule has 2 aromatic rings. The molecular formula is C15H23N9. The number of hydrogen-bond acceptors (Lipinski definition) is 9. The quantitative estimate of drug-likeness (QED) is 0.842. The van der Waals surface area contributed by atoms with Gasteiger partial charge >= 0.3 is 0 Å². The van der Waals surface area contributed by atoms with E-state index in [0.29, 0.717) is 11.8 Å². The second-order valence-corrected chi connectivity index (χ2v) is 5.99. The summed E-state index contributed by atoms with van der Waals surface area (Å²) < 4.78 is 0. The van der Waals surface area contributed by atoms with Crippen LogP contribution in [0.4, 0.5) is 17.8 Å². The highest BCUT2D eigenvalue weighted by molar-refractivity contribution is 5.33. The summed E-state index contributed by atoms with van der Waals surface area (Å²) in [6.07, 6.45) is 3.54. The van der Waals surface area contributed by atoms with Crippen molar-refractivity contribution in [2.75, 3.05) is 55.8 Å². The fourth-order valence-corrected chi connectivity index (χ4v) is 2.71. The number of rotatable bonds is 4. The Morgan fingerprint density at radius 2 is 1.71 bits per heavy atom. The summed E-state index contributed by atoms with van der Waals surface area (Å²) in [6, 6.07) is 1.91. The van der Waals surface area contributed by atoms with E-state index in [-0.39, 0.29) is 12.0 Å². The SMILES string of the molecule is C[C@H](c1nc(N)nc(N(C)C)n1)N1CCN(c2ncccn2)CC1. The lowest BCUT2D eigenvalue weighted by Gasteiger charge is -2.37. The number of aromatic nitrogens is 5. The lowest BCUT2D eigenvalue weighted by Crippen LogP contribution is -2.48. The van der Waals surface area contributed by atoms with Crippen molar-refractivity contribution in [1.29, 1.82) is 0 Å². The van der Waals surface area contributed by atoms with Crippen molar-refractivity contribution < 1.29 is 0 Å². The van der Waals surface area contributed by atoms with Gasteiger partial charge in [-0.2, -0.15) is 15.0 Å². The Kier molecular flexibility index (Phi) is 4.70. The molecule has 0 aliphatic carbocycles. The lowest BCUT2D eigenvalue weighted by molar-refractivity contribution is 0.191.